The SMILES string of the molecule is CCCC(CN)C(=O)N(Cc1ccc(OC)cc1)C1CC1. The minimum absolute atomic E-state index is 0.0335. The van der Waals surface area contributed by atoms with Gasteiger partial charge in [-0.25, -0.2) is 0 Å². The first kappa shape index (κ1) is 15.8. The first-order chi connectivity index (χ1) is 10.2. The maximum Gasteiger partial charge on any atom is 0.227 e. The molecule has 0 heterocycles. The molecule has 1 amide bonds. The van der Waals surface area contributed by atoms with Gasteiger partial charge in [-0.2, -0.15) is 0 Å². The van der Waals surface area contributed by atoms with Crippen molar-refractivity contribution in [3.8, 4) is 5.75 Å². The number of nitrogens with zero attached hydrogens (tertiary/aromatic N) is 1. The Hall–Kier alpha value is -1.55. The average molecular weight is 290 g/mol. The quantitative estimate of drug-likeness (QED) is 0.800. The van der Waals surface area contributed by atoms with Crippen molar-refractivity contribution in [2.75, 3.05) is 13.7 Å². The molecule has 4 nitrogen and oxygen atoms in total. The van der Waals surface area contributed by atoms with Crippen LogP contribution in [0.2, 0.25) is 0 Å². The first-order valence-corrected chi connectivity index (χ1v) is 7.83. The minimum Gasteiger partial charge on any atom is -0.497 e. The maximum atomic E-state index is 12.7. The van der Waals surface area contributed by atoms with Gasteiger partial charge in [0.1, 0.15) is 5.75 Å². The molecule has 4 heteroatoms. The highest BCUT2D eigenvalue weighted by molar-refractivity contribution is 5.79. The summed E-state index contributed by atoms with van der Waals surface area (Å²) in [7, 11) is 1.66. The smallest absolute Gasteiger partial charge is 0.227 e. The topological polar surface area (TPSA) is 55.6 Å². The molecule has 0 spiro atoms. The fourth-order valence-corrected chi connectivity index (χ4v) is 2.63. The lowest BCUT2D eigenvalue weighted by Gasteiger charge is -2.27. The third-order valence-corrected chi connectivity index (χ3v) is 4.05. The van der Waals surface area contributed by atoms with E-state index >= 15 is 0 Å². The highest BCUT2D eigenvalue weighted by atomic mass is 16.5. The summed E-state index contributed by atoms with van der Waals surface area (Å²) in [6.45, 7) is 3.22. The van der Waals surface area contributed by atoms with Gasteiger partial charge in [0, 0.05) is 19.1 Å². The van der Waals surface area contributed by atoms with Gasteiger partial charge in [-0.15, -0.1) is 0 Å². The van der Waals surface area contributed by atoms with Gasteiger partial charge < -0.3 is 15.4 Å². The van der Waals surface area contributed by atoms with Crippen molar-refractivity contribution in [2.24, 2.45) is 11.7 Å². The predicted octanol–water partition coefficient (Wildman–Crippen LogP) is 2.56. The molecular formula is C17H26N2O2. The summed E-state index contributed by atoms with van der Waals surface area (Å²) in [6, 6.07) is 8.34. The van der Waals surface area contributed by atoms with Crippen LogP contribution in [0, 0.1) is 5.92 Å². The van der Waals surface area contributed by atoms with E-state index in [9.17, 15) is 4.79 Å². The number of rotatable bonds is 8. The number of hydrogen-bond donors (Lipinski definition) is 1. The Morgan fingerprint density at radius 3 is 2.52 bits per heavy atom. The molecule has 2 N–H and O–H groups in total. The van der Waals surface area contributed by atoms with Crippen LogP contribution in [0.1, 0.15) is 38.2 Å². The van der Waals surface area contributed by atoms with E-state index in [-0.39, 0.29) is 11.8 Å². The van der Waals surface area contributed by atoms with Gasteiger partial charge in [-0.1, -0.05) is 25.5 Å². The lowest BCUT2D eigenvalue weighted by Crippen LogP contribution is -2.40. The Labute approximate surface area is 127 Å². The second kappa shape index (κ2) is 7.46. The van der Waals surface area contributed by atoms with Crippen molar-refractivity contribution >= 4 is 5.91 Å². The lowest BCUT2D eigenvalue weighted by atomic mass is 10.0. The van der Waals surface area contributed by atoms with Crippen LogP contribution < -0.4 is 10.5 Å². The number of carbonyl (C=O) groups excluding carboxylic acids is 1. The van der Waals surface area contributed by atoms with Crippen LogP contribution in [0.15, 0.2) is 24.3 Å². The third-order valence-electron chi connectivity index (χ3n) is 4.05. The summed E-state index contributed by atoms with van der Waals surface area (Å²) >= 11 is 0. The fourth-order valence-electron chi connectivity index (χ4n) is 2.63. The molecule has 21 heavy (non-hydrogen) atoms. The van der Waals surface area contributed by atoms with E-state index in [1.807, 2.05) is 29.2 Å². The van der Waals surface area contributed by atoms with E-state index in [0.717, 1.165) is 37.0 Å². The van der Waals surface area contributed by atoms with Crippen molar-refractivity contribution in [1.82, 2.24) is 4.90 Å². The minimum atomic E-state index is -0.0335. The molecule has 1 saturated carbocycles. The molecule has 1 fully saturated rings. The van der Waals surface area contributed by atoms with Crippen LogP contribution in [-0.4, -0.2) is 30.5 Å². The first-order valence-electron chi connectivity index (χ1n) is 7.83. The molecule has 1 aliphatic carbocycles. The monoisotopic (exact) mass is 290 g/mol. The molecule has 0 saturated heterocycles. The zero-order valence-corrected chi connectivity index (χ0v) is 13.0. The highest BCUT2D eigenvalue weighted by Crippen LogP contribution is 2.30. The van der Waals surface area contributed by atoms with Crippen molar-refractivity contribution in [1.29, 1.82) is 0 Å². The van der Waals surface area contributed by atoms with Crippen molar-refractivity contribution in [2.45, 2.75) is 45.2 Å². The molecule has 0 radical (unpaired) electrons. The molecule has 1 aromatic carbocycles. The highest BCUT2D eigenvalue weighted by Gasteiger charge is 2.35. The van der Waals surface area contributed by atoms with E-state index in [4.69, 9.17) is 10.5 Å². The fraction of sp³-hybridized carbons (Fsp3) is 0.588. The van der Waals surface area contributed by atoms with E-state index in [1.165, 1.54) is 0 Å². The van der Waals surface area contributed by atoms with Gasteiger partial charge in [-0.05, 0) is 37.0 Å². The van der Waals surface area contributed by atoms with E-state index in [2.05, 4.69) is 6.92 Å². The van der Waals surface area contributed by atoms with Gasteiger partial charge >= 0.3 is 0 Å². The molecule has 0 bridgehead atoms. The zero-order valence-electron chi connectivity index (χ0n) is 13.0. The van der Waals surface area contributed by atoms with Gasteiger partial charge in [0.2, 0.25) is 5.91 Å². The summed E-state index contributed by atoms with van der Waals surface area (Å²) < 4.78 is 5.17. The Morgan fingerprint density at radius 2 is 2.05 bits per heavy atom. The van der Waals surface area contributed by atoms with E-state index in [1.54, 1.807) is 7.11 Å². The molecule has 116 valence electrons. The third kappa shape index (κ3) is 4.21. The number of methoxy groups -OCH3 is 1. The molecule has 1 atom stereocenters. The van der Waals surface area contributed by atoms with E-state index in [0.29, 0.717) is 19.1 Å². The summed E-state index contributed by atoms with van der Waals surface area (Å²) in [5.41, 5.74) is 6.93. The molecule has 1 aliphatic rings. The summed E-state index contributed by atoms with van der Waals surface area (Å²) in [5.74, 6) is 1.03. The second-order valence-electron chi connectivity index (χ2n) is 5.77. The Balaban J connectivity index is 2.05. The molecule has 0 aliphatic heterocycles. The lowest BCUT2D eigenvalue weighted by molar-refractivity contribution is -0.136. The van der Waals surface area contributed by atoms with Crippen LogP contribution >= 0.6 is 0 Å². The van der Waals surface area contributed by atoms with Crippen molar-refractivity contribution < 1.29 is 9.53 Å². The molecule has 1 aromatic rings. The normalized spacial score (nSPS) is 15.6. The molecule has 1 unspecified atom stereocenters. The Kier molecular flexibility index (Phi) is 5.62. The molecule has 0 aromatic heterocycles. The van der Waals surface area contributed by atoms with E-state index < -0.39 is 0 Å². The van der Waals surface area contributed by atoms with Gasteiger partial charge in [0.25, 0.3) is 0 Å². The van der Waals surface area contributed by atoms with Gasteiger partial charge in [-0.3, -0.25) is 4.79 Å². The Bertz CT molecular complexity index is 454. The largest absolute Gasteiger partial charge is 0.497 e. The van der Waals surface area contributed by atoms with Crippen LogP contribution in [0.4, 0.5) is 0 Å². The second-order valence-corrected chi connectivity index (χ2v) is 5.77. The number of benzene rings is 1. The number of amides is 1. The number of carbonyl (C=O) groups is 1. The molecule has 2 rings (SSSR count). The van der Waals surface area contributed by atoms with Crippen LogP contribution in [0.5, 0.6) is 5.75 Å². The number of ether oxygens (including phenoxy) is 1. The van der Waals surface area contributed by atoms with Crippen molar-refractivity contribution in [3.63, 3.8) is 0 Å². The summed E-state index contributed by atoms with van der Waals surface area (Å²) in [5, 5.41) is 0. The predicted molar refractivity (Wildman–Crippen MR) is 84.0 cm³/mol. The molecular weight excluding hydrogens is 264 g/mol. The Morgan fingerprint density at radius 1 is 1.38 bits per heavy atom. The maximum absolute atomic E-state index is 12.7. The van der Waals surface area contributed by atoms with Crippen LogP contribution in [0.25, 0.3) is 0 Å². The van der Waals surface area contributed by atoms with Gasteiger partial charge in [0.15, 0.2) is 0 Å². The number of hydrogen-bond acceptors (Lipinski definition) is 3. The van der Waals surface area contributed by atoms with Crippen molar-refractivity contribution in [3.05, 3.63) is 29.8 Å². The number of nitrogens with two attached hydrogens (primary N) is 1. The van der Waals surface area contributed by atoms with Gasteiger partial charge in [0.05, 0.1) is 13.0 Å². The summed E-state index contributed by atoms with van der Waals surface area (Å²) in [4.78, 5) is 14.7. The average Bonchev–Trinajstić information content (AvgIpc) is 3.35. The summed E-state index contributed by atoms with van der Waals surface area (Å²) in [6.07, 6.45) is 4.10. The van der Waals surface area contributed by atoms with Crippen LogP contribution in [-0.2, 0) is 11.3 Å². The zero-order chi connectivity index (χ0) is 15.2. The standard InChI is InChI=1S/C17H26N2O2/c1-3-4-14(11-18)17(20)19(15-7-8-15)12-13-5-9-16(21-2)10-6-13/h5-6,9-10,14-15H,3-4,7-8,11-12,18H2,1-2H3. The van der Waals surface area contributed by atoms with Crippen LogP contribution in [0.3, 0.4) is 0 Å².